The van der Waals surface area contributed by atoms with E-state index in [9.17, 15) is 0 Å². The molecule has 0 aromatic carbocycles. The summed E-state index contributed by atoms with van der Waals surface area (Å²) in [5, 5.41) is 0. The summed E-state index contributed by atoms with van der Waals surface area (Å²) >= 11 is 0. The molecule has 1 heterocycles. The molecule has 3 nitrogen and oxygen atoms in total. The Bertz CT molecular complexity index is 335. The van der Waals surface area contributed by atoms with Crippen LogP contribution in [0.15, 0.2) is 12.5 Å². The van der Waals surface area contributed by atoms with Gasteiger partial charge in [-0.05, 0) is 10.8 Å². The highest BCUT2D eigenvalue weighted by atomic mass is 15.2. The summed E-state index contributed by atoms with van der Waals surface area (Å²) in [5.41, 5.74) is 7.50. The molecule has 0 aliphatic heterocycles. The minimum Gasteiger partial charge on any atom is -0.329 e. The highest BCUT2D eigenvalue weighted by molar-refractivity contribution is 5.19. The van der Waals surface area contributed by atoms with Crippen molar-refractivity contribution in [2.24, 2.45) is 16.6 Å². The average Bonchev–Trinajstić information content (AvgIpc) is 2.51. The summed E-state index contributed by atoms with van der Waals surface area (Å²) in [6, 6.07) is 0.538. The Morgan fingerprint density at radius 2 is 1.93 bits per heavy atom. The van der Waals surface area contributed by atoms with Crippen molar-refractivity contribution in [2.75, 3.05) is 0 Å². The molecule has 14 heavy (non-hydrogen) atoms. The van der Waals surface area contributed by atoms with Crippen molar-refractivity contribution in [3.05, 3.63) is 18.2 Å². The smallest absolute Gasteiger partial charge is 0.0951 e. The minimum absolute atomic E-state index is 0.345. The number of hydrogen-bond donors (Lipinski definition) is 1. The highest BCUT2D eigenvalue weighted by Crippen LogP contribution is 2.71. The second-order valence-electron chi connectivity index (χ2n) is 5.34. The van der Waals surface area contributed by atoms with Crippen molar-refractivity contribution >= 4 is 0 Å². The monoisotopic (exact) mass is 193 g/mol. The van der Waals surface area contributed by atoms with Gasteiger partial charge in [-0.1, -0.05) is 27.7 Å². The van der Waals surface area contributed by atoms with Gasteiger partial charge in [0.2, 0.25) is 0 Å². The number of nitrogens with two attached hydrogens (primary N) is 1. The lowest BCUT2D eigenvalue weighted by Gasteiger charge is -2.08. The van der Waals surface area contributed by atoms with E-state index in [0.29, 0.717) is 23.4 Å². The van der Waals surface area contributed by atoms with Gasteiger partial charge in [0, 0.05) is 18.8 Å². The van der Waals surface area contributed by atoms with Crippen molar-refractivity contribution in [3.8, 4) is 0 Å². The van der Waals surface area contributed by atoms with Crippen LogP contribution in [-0.4, -0.2) is 9.55 Å². The Balaban J connectivity index is 2.36. The molecule has 0 amide bonds. The summed E-state index contributed by atoms with van der Waals surface area (Å²) in [6.45, 7) is 9.79. The Labute approximate surface area is 85.3 Å². The maximum absolute atomic E-state index is 5.68. The molecular formula is C11H19N3. The van der Waals surface area contributed by atoms with Gasteiger partial charge in [0.25, 0.3) is 0 Å². The van der Waals surface area contributed by atoms with Crippen molar-refractivity contribution in [3.63, 3.8) is 0 Å². The molecular weight excluding hydrogens is 174 g/mol. The van der Waals surface area contributed by atoms with Crippen LogP contribution in [0.4, 0.5) is 0 Å². The molecule has 1 aliphatic rings. The van der Waals surface area contributed by atoms with Gasteiger partial charge in [0.05, 0.1) is 12.0 Å². The van der Waals surface area contributed by atoms with Crippen molar-refractivity contribution in [1.29, 1.82) is 0 Å². The third-order valence-electron chi connectivity index (χ3n) is 4.18. The Morgan fingerprint density at radius 3 is 2.36 bits per heavy atom. The molecule has 1 fully saturated rings. The Hall–Kier alpha value is -0.830. The standard InChI is InChI=1S/C11H19N3/c1-10(2)9(11(10,3)4)14-7-13-6-8(14)5-12/h6-7,9H,5,12H2,1-4H3. The highest BCUT2D eigenvalue weighted by Gasteiger charge is 2.66. The first-order valence-electron chi connectivity index (χ1n) is 5.13. The van der Waals surface area contributed by atoms with Crippen LogP contribution in [-0.2, 0) is 6.54 Å². The third kappa shape index (κ3) is 0.989. The molecule has 1 saturated carbocycles. The van der Waals surface area contributed by atoms with Crippen LogP contribution in [0.3, 0.4) is 0 Å². The van der Waals surface area contributed by atoms with Crippen molar-refractivity contribution < 1.29 is 0 Å². The first-order chi connectivity index (χ1) is 6.43. The zero-order valence-electron chi connectivity index (χ0n) is 9.41. The fourth-order valence-electron chi connectivity index (χ4n) is 2.58. The van der Waals surface area contributed by atoms with Gasteiger partial charge >= 0.3 is 0 Å². The molecule has 1 aliphatic carbocycles. The SMILES string of the molecule is CC1(C)C(n2cncc2CN)C1(C)C. The lowest BCUT2D eigenvalue weighted by atomic mass is 10.0. The predicted octanol–water partition coefficient (Wildman–Crippen LogP) is 1.95. The first kappa shape index (κ1) is 9.71. The number of rotatable bonds is 2. The Morgan fingerprint density at radius 1 is 1.36 bits per heavy atom. The molecule has 0 atom stereocenters. The largest absolute Gasteiger partial charge is 0.329 e. The third-order valence-corrected chi connectivity index (χ3v) is 4.18. The van der Waals surface area contributed by atoms with E-state index in [4.69, 9.17) is 5.73 Å². The van der Waals surface area contributed by atoms with Crippen LogP contribution in [0.25, 0.3) is 0 Å². The van der Waals surface area contributed by atoms with E-state index < -0.39 is 0 Å². The molecule has 0 saturated heterocycles. The number of hydrogen-bond acceptors (Lipinski definition) is 2. The molecule has 2 N–H and O–H groups in total. The molecule has 1 aromatic heterocycles. The summed E-state index contributed by atoms with van der Waals surface area (Å²) in [7, 11) is 0. The summed E-state index contributed by atoms with van der Waals surface area (Å²) in [4.78, 5) is 4.17. The van der Waals surface area contributed by atoms with Gasteiger partial charge in [-0.15, -0.1) is 0 Å². The second kappa shape index (κ2) is 2.60. The van der Waals surface area contributed by atoms with E-state index in [0.717, 1.165) is 5.69 Å². The van der Waals surface area contributed by atoms with Crippen molar-refractivity contribution in [2.45, 2.75) is 40.3 Å². The summed E-state index contributed by atoms with van der Waals surface area (Å²) in [6.07, 6.45) is 3.77. The van der Waals surface area contributed by atoms with Crippen LogP contribution in [0.5, 0.6) is 0 Å². The quantitative estimate of drug-likeness (QED) is 0.780. The van der Waals surface area contributed by atoms with Gasteiger partial charge in [-0.2, -0.15) is 0 Å². The number of imidazole rings is 1. The van der Waals surface area contributed by atoms with Crippen LogP contribution in [0.2, 0.25) is 0 Å². The van der Waals surface area contributed by atoms with Crippen LogP contribution >= 0.6 is 0 Å². The molecule has 0 unspecified atom stereocenters. The number of nitrogens with zero attached hydrogens (tertiary/aromatic N) is 2. The van der Waals surface area contributed by atoms with E-state index >= 15 is 0 Å². The van der Waals surface area contributed by atoms with Gasteiger partial charge in [-0.3, -0.25) is 0 Å². The topological polar surface area (TPSA) is 43.8 Å². The van der Waals surface area contributed by atoms with E-state index in [2.05, 4.69) is 37.2 Å². The van der Waals surface area contributed by atoms with E-state index in [1.54, 1.807) is 0 Å². The lowest BCUT2D eigenvalue weighted by Crippen LogP contribution is -2.08. The van der Waals surface area contributed by atoms with E-state index in [1.807, 2.05) is 12.5 Å². The van der Waals surface area contributed by atoms with Crippen LogP contribution in [0.1, 0.15) is 39.4 Å². The lowest BCUT2D eigenvalue weighted by molar-refractivity contribution is 0.457. The Kier molecular flexibility index (Phi) is 1.80. The fraction of sp³-hybridized carbons (Fsp3) is 0.727. The molecule has 0 radical (unpaired) electrons. The predicted molar refractivity (Wildman–Crippen MR) is 56.7 cm³/mol. The van der Waals surface area contributed by atoms with Crippen molar-refractivity contribution in [1.82, 2.24) is 9.55 Å². The zero-order valence-corrected chi connectivity index (χ0v) is 9.41. The molecule has 78 valence electrons. The van der Waals surface area contributed by atoms with Gasteiger partial charge in [-0.25, -0.2) is 4.98 Å². The molecule has 2 rings (SSSR count). The van der Waals surface area contributed by atoms with Crippen LogP contribution in [0, 0.1) is 10.8 Å². The molecule has 0 spiro atoms. The van der Waals surface area contributed by atoms with Crippen LogP contribution < -0.4 is 5.73 Å². The maximum atomic E-state index is 5.68. The first-order valence-corrected chi connectivity index (χ1v) is 5.13. The maximum Gasteiger partial charge on any atom is 0.0951 e. The van der Waals surface area contributed by atoms with E-state index in [1.165, 1.54) is 0 Å². The molecule has 0 bridgehead atoms. The number of aromatic nitrogens is 2. The van der Waals surface area contributed by atoms with Gasteiger partial charge in [0.15, 0.2) is 0 Å². The zero-order chi connectivity index (χ0) is 10.6. The summed E-state index contributed by atoms with van der Waals surface area (Å²) in [5.74, 6) is 0. The van der Waals surface area contributed by atoms with Gasteiger partial charge < -0.3 is 10.3 Å². The molecule has 1 aromatic rings. The fourth-order valence-corrected chi connectivity index (χ4v) is 2.58. The summed E-state index contributed by atoms with van der Waals surface area (Å²) < 4.78 is 2.24. The second-order valence-corrected chi connectivity index (χ2v) is 5.34. The normalized spacial score (nSPS) is 23.8. The average molecular weight is 193 g/mol. The molecule has 3 heteroatoms. The van der Waals surface area contributed by atoms with Gasteiger partial charge in [0.1, 0.15) is 0 Å². The van der Waals surface area contributed by atoms with E-state index in [-0.39, 0.29) is 0 Å². The minimum atomic E-state index is 0.345.